The Bertz CT molecular complexity index is 716. The highest BCUT2D eigenvalue weighted by molar-refractivity contribution is 8.93. The highest BCUT2D eigenvalue weighted by atomic mass is 79.9. The van der Waals surface area contributed by atoms with Crippen LogP contribution in [-0.2, 0) is 13.0 Å². The molecule has 1 unspecified atom stereocenters. The third-order valence-electron chi connectivity index (χ3n) is 5.30. The molecule has 4 rings (SSSR count). The van der Waals surface area contributed by atoms with Crippen molar-refractivity contribution in [3.8, 4) is 11.5 Å². The first-order chi connectivity index (χ1) is 10.8. The Morgan fingerprint density at radius 2 is 1.83 bits per heavy atom. The van der Waals surface area contributed by atoms with E-state index in [9.17, 15) is 0 Å². The van der Waals surface area contributed by atoms with E-state index in [0.29, 0.717) is 0 Å². The molecule has 2 heterocycles. The Kier molecular flexibility index (Phi) is 4.83. The van der Waals surface area contributed by atoms with Crippen LogP contribution in [0, 0.1) is 0 Å². The van der Waals surface area contributed by atoms with Crippen molar-refractivity contribution in [2.45, 2.75) is 38.3 Å². The third kappa shape index (κ3) is 2.83. The number of hydrogen-bond donors (Lipinski definition) is 0. The number of piperidine rings is 1. The fourth-order valence-electron chi connectivity index (χ4n) is 4.09. The highest BCUT2D eigenvalue weighted by Gasteiger charge is 2.29. The molecule has 0 saturated carbocycles. The number of rotatable bonds is 2. The smallest absolute Gasteiger partial charge is 0.161 e. The minimum atomic E-state index is 0. The summed E-state index contributed by atoms with van der Waals surface area (Å²) < 4.78 is 10.9. The fourth-order valence-corrected chi connectivity index (χ4v) is 4.09. The number of methoxy groups -OCH3 is 2. The summed E-state index contributed by atoms with van der Waals surface area (Å²) in [6, 6.07) is 9.54. The Morgan fingerprint density at radius 1 is 1.04 bits per heavy atom. The highest BCUT2D eigenvalue weighted by Crippen LogP contribution is 2.38. The van der Waals surface area contributed by atoms with Gasteiger partial charge in [-0.1, -0.05) is 18.6 Å². The SMILES string of the molecule is Br.COc1cc2ccc3c(c2cc1OC)CN1CCCCC1C3. The van der Waals surface area contributed by atoms with Gasteiger partial charge in [0, 0.05) is 12.6 Å². The molecule has 0 radical (unpaired) electrons. The van der Waals surface area contributed by atoms with E-state index in [4.69, 9.17) is 9.47 Å². The number of hydrogen-bond acceptors (Lipinski definition) is 3. The van der Waals surface area contributed by atoms with E-state index in [1.807, 2.05) is 0 Å². The molecule has 0 spiro atoms. The molecule has 1 fully saturated rings. The van der Waals surface area contributed by atoms with E-state index in [1.54, 1.807) is 14.2 Å². The van der Waals surface area contributed by atoms with Gasteiger partial charge in [0.15, 0.2) is 11.5 Å². The quantitative estimate of drug-likeness (QED) is 0.776. The molecular weight excluding hydrogens is 354 g/mol. The summed E-state index contributed by atoms with van der Waals surface area (Å²) in [7, 11) is 3.40. The standard InChI is InChI=1S/C19H23NO2.BrH/c1-21-18-10-14-7-6-13-9-15-5-3-4-8-20(15)12-17(13)16(14)11-19(18)22-2;/h6-7,10-11,15H,3-5,8-9,12H2,1-2H3;1H. The van der Waals surface area contributed by atoms with Crippen molar-refractivity contribution < 1.29 is 9.47 Å². The molecule has 2 aromatic carbocycles. The van der Waals surface area contributed by atoms with Gasteiger partial charge in [-0.05, 0) is 59.8 Å². The van der Waals surface area contributed by atoms with E-state index < -0.39 is 0 Å². The predicted molar refractivity (Wildman–Crippen MR) is 99.1 cm³/mol. The number of ether oxygens (including phenoxy) is 2. The first-order valence-corrected chi connectivity index (χ1v) is 8.20. The normalized spacial score (nSPS) is 20.3. The van der Waals surface area contributed by atoms with Gasteiger partial charge in [0.05, 0.1) is 14.2 Å². The van der Waals surface area contributed by atoms with E-state index in [1.165, 1.54) is 54.1 Å². The van der Waals surface area contributed by atoms with Gasteiger partial charge in [-0.3, -0.25) is 4.90 Å². The van der Waals surface area contributed by atoms with Crippen LogP contribution in [0.2, 0.25) is 0 Å². The molecule has 124 valence electrons. The minimum Gasteiger partial charge on any atom is -0.493 e. The molecule has 0 aromatic heterocycles. The van der Waals surface area contributed by atoms with Crippen LogP contribution in [0.3, 0.4) is 0 Å². The number of benzene rings is 2. The molecule has 2 aliphatic heterocycles. The maximum atomic E-state index is 5.50. The van der Waals surface area contributed by atoms with Crippen LogP contribution in [-0.4, -0.2) is 31.7 Å². The molecule has 0 aliphatic carbocycles. The van der Waals surface area contributed by atoms with Crippen molar-refractivity contribution >= 4 is 27.8 Å². The molecule has 2 aliphatic rings. The van der Waals surface area contributed by atoms with Gasteiger partial charge in [-0.15, -0.1) is 17.0 Å². The van der Waals surface area contributed by atoms with E-state index in [-0.39, 0.29) is 17.0 Å². The zero-order chi connectivity index (χ0) is 15.1. The summed E-state index contributed by atoms with van der Waals surface area (Å²) in [5.74, 6) is 1.63. The van der Waals surface area contributed by atoms with Crippen LogP contribution >= 0.6 is 17.0 Å². The molecule has 0 bridgehead atoms. The molecule has 3 nitrogen and oxygen atoms in total. The summed E-state index contributed by atoms with van der Waals surface area (Å²) >= 11 is 0. The lowest BCUT2D eigenvalue weighted by molar-refractivity contribution is 0.128. The maximum Gasteiger partial charge on any atom is 0.161 e. The number of halogens is 1. The maximum absolute atomic E-state index is 5.50. The van der Waals surface area contributed by atoms with Gasteiger partial charge in [0.1, 0.15) is 0 Å². The molecule has 23 heavy (non-hydrogen) atoms. The van der Waals surface area contributed by atoms with Gasteiger partial charge < -0.3 is 9.47 Å². The predicted octanol–water partition coefficient (Wildman–Crippen LogP) is 4.35. The zero-order valence-electron chi connectivity index (χ0n) is 13.8. The van der Waals surface area contributed by atoms with E-state index in [2.05, 4.69) is 29.2 Å². The summed E-state index contributed by atoms with van der Waals surface area (Å²) in [6.45, 7) is 2.32. The van der Waals surface area contributed by atoms with E-state index in [0.717, 1.165) is 24.1 Å². The van der Waals surface area contributed by atoms with Crippen LogP contribution in [0.15, 0.2) is 24.3 Å². The molecule has 2 aromatic rings. The van der Waals surface area contributed by atoms with Gasteiger partial charge >= 0.3 is 0 Å². The van der Waals surface area contributed by atoms with Crippen LogP contribution in [0.25, 0.3) is 10.8 Å². The number of nitrogens with zero attached hydrogens (tertiary/aromatic N) is 1. The summed E-state index contributed by atoms with van der Waals surface area (Å²) in [5, 5.41) is 2.56. The lowest BCUT2D eigenvalue weighted by Crippen LogP contribution is -2.43. The van der Waals surface area contributed by atoms with Crippen LogP contribution in [0.4, 0.5) is 0 Å². The Balaban J connectivity index is 0.00000156. The Morgan fingerprint density at radius 3 is 2.61 bits per heavy atom. The fraction of sp³-hybridized carbons (Fsp3) is 0.474. The molecule has 1 saturated heterocycles. The average Bonchev–Trinajstić information content (AvgIpc) is 2.58. The van der Waals surface area contributed by atoms with Crippen LogP contribution in [0.1, 0.15) is 30.4 Å². The molecule has 1 atom stereocenters. The van der Waals surface area contributed by atoms with Crippen molar-refractivity contribution in [2.24, 2.45) is 0 Å². The summed E-state index contributed by atoms with van der Waals surface area (Å²) in [5.41, 5.74) is 3.00. The minimum absolute atomic E-state index is 0. The second kappa shape index (κ2) is 6.70. The Hall–Kier alpha value is -1.26. The molecule has 0 amide bonds. The van der Waals surface area contributed by atoms with Gasteiger partial charge in [-0.25, -0.2) is 0 Å². The van der Waals surface area contributed by atoms with E-state index >= 15 is 0 Å². The third-order valence-corrected chi connectivity index (χ3v) is 5.30. The van der Waals surface area contributed by atoms with Gasteiger partial charge in [-0.2, -0.15) is 0 Å². The molecular formula is C19H24BrNO2. The van der Waals surface area contributed by atoms with Crippen LogP contribution in [0.5, 0.6) is 11.5 Å². The molecule has 4 heteroatoms. The lowest BCUT2D eigenvalue weighted by atomic mass is 9.86. The summed E-state index contributed by atoms with van der Waals surface area (Å²) in [4.78, 5) is 2.67. The second-order valence-electron chi connectivity index (χ2n) is 6.46. The van der Waals surface area contributed by atoms with Crippen molar-refractivity contribution in [1.29, 1.82) is 0 Å². The summed E-state index contributed by atoms with van der Waals surface area (Å²) in [6.07, 6.45) is 5.27. The van der Waals surface area contributed by atoms with Gasteiger partial charge in [0.25, 0.3) is 0 Å². The number of fused-ring (bicyclic) bond motifs is 4. The second-order valence-corrected chi connectivity index (χ2v) is 6.46. The lowest BCUT2D eigenvalue weighted by Gasteiger charge is -2.40. The first-order valence-electron chi connectivity index (χ1n) is 8.20. The zero-order valence-corrected chi connectivity index (χ0v) is 15.5. The molecule has 0 N–H and O–H groups in total. The van der Waals surface area contributed by atoms with Crippen molar-refractivity contribution in [1.82, 2.24) is 4.90 Å². The average molecular weight is 378 g/mol. The van der Waals surface area contributed by atoms with Crippen molar-refractivity contribution in [2.75, 3.05) is 20.8 Å². The monoisotopic (exact) mass is 377 g/mol. The van der Waals surface area contributed by atoms with Crippen molar-refractivity contribution in [3.05, 3.63) is 35.4 Å². The Labute approximate surface area is 148 Å². The largest absolute Gasteiger partial charge is 0.493 e. The first kappa shape index (κ1) is 16.6. The van der Waals surface area contributed by atoms with Gasteiger partial charge in [0.2, 0.25) is 0 Å². The van der Waals surface area contributed by atoms with Crippen LogP contribution < -0.4 is 9.47 Å². The van der Waals surface area contributed by atoms with Crippen molar-refractivity contribution in [3.63, 3.8) is 0 Å². The topological polar surface area (TPSA) is 21.7 Å².